The number of nitrogens with one attached hydrogen (secondary N) is 2. The lowest BCUT2D eigenvalue weighted by Crippen LogP contribution is -2.43. The number of rotatable bonds is 5. The number of aliphatic hydroxyl groups is 1. The van der Waals surface area contributed by atoms with E-state index in [9.17, 15) is 13.2 Å². The average Bonchev–Trinajstić information content (AvgIpc) is 1.98. The maximum atomic E-state index is 11.1. The Balaban J connectivity index is 4.09. The molecular formula is C7H16N2O5S. The topological polar surface area (TPSA) is 105 Å². The molecule has 0 rings (SSSR count). The summed E-state index contributed by atoms with van der Waals surface area (Å²) in [7, 11) is -3.96. The SMILES string of the molecule is CC(O)CNS(=O)(=O)NC(=O)OC(C)C. The zero-order valence-corrected chi connectivity index (χ0v) is 9.67. The highest BCUT2D eigenvalue weighted by Crippen LogP contribution is 1.90. The van der Waals surface area contributed by atoms with Crippen LogP contribution in [-0.4, -0.2) is 38.4 Å². The lowest BCUT2D eigenvalue weighted by molar-refractivity contribution is 0.121. The van der Waals surface area contributed by atoms with Gasteiger partial charge in [-0.2, -0.15) is 13.1 Å². The van der Waals surface area contributed by atoms with Crippen LogP contribution in [-0.2, 0) is 14.9 Å². The summed E-state index contributed by atoms with van der Waals surface area (Å²) in [6, 6.07) is 0. The molecule has 90 valence electrons. The fraction of sp³-hybridized carbons (Fsp3) is 0.857. The molecule has 0 aliphatic carbocycles. The van der Waals surface area contributed by atoms with Crippen LogP contribution in [0.3, 0.4) is 0 Å². The third kappa shape index (κ3) is 8.16. The third-order valence-electron chi connectivity index (χ3n) is 1.13. The lowest BCUT2D eigenvalue weighted by atomic mass is 10.4. The highest BCUT2D eigenvalue weighted by atomic mass is 32.2. The van der Waals surface area contributed by atoms with Gasteiger partial charge in [-0.05, 0) is 20.8 Å². The van der Waals surface area contributed by atoms with Crippen molar-refractivity contribution in [3.63, 3.8) is 0 Å². The molecule has 7 nitrogen and oxygen atoms in total. The molecule has 0 fully saturated rings. The minimum atomic E-state index is -3.96. The summed E-state index contributed by atoms with van der Waals surface area (Å²) >= 11 is 0. The van der Waals surface area contributed by atoms with Crippen LogP contribution in [0.15, 0.2) is 0 Å². The molecule has 3 N–H and O–H groups in total. The van der Waals surface area contributed by atoms with E-state index in [4.69, 9.17) is 5.11 Å². The zero-order chi connectivity index (χ0) is 12.1. The maximum absolute atomic E-state index is 11.1. The van der Waals surface area contributed by atoms with Gasteiger partial charge in [-0.3, -0.25) is 0 Å². The molecule has 0 aromatic rings. The first-order chi connectivity index (χ1) is 6.73. The number of hydrogen-bond donors (Lipinski definition) is 3. The quantitative estimate of drug-likeness (QED) is 0.591. The Morgan fingerprint density at radius 1 is 1.40 bits per heavy atom. The Bertz CT molecular complexity index is 299. The molecule has 1 unspecified atom stereocenters. The van der Waals surface area contributed by atoms with Crippen molar-refractivity contribution in [1.82, 2.24) is 9.44 Å². The summed E-state index contributed by atoms with van der Waals surface area (Å²) in [6.45, 7) is 4.42. The van der Waals surface area contributed by atoms with E-state index in [0.29, 0.717) is 0 Å². The molecule has 0 aliphatic heterocycles. The van der Waals surface area contributed by atoms with E-state index >= 15 is 0 Å². The first kappa shape index (κ1) is 14.1. The largest absolute Gasteiger partial charge is 0.446 e. The molecule has 0 spiro atoms. The summed E-state index contributed by atoms with van der Waals surface area (Å²) in [6.07, 6.45) is -2.29. The minimum absolute atomic E-state index is 0.176. The molecule has 0 aromatic carbocycles. The van der Waals surface area contributed by atoms with Crippen molar-refractivity contribution in [2.45, 2.75) is 33.0 Å². The minimum Gasteiger partial charge on any atom is -0.446 e. The normalized spacial score (nSPS) is 13.7. The van der Waals surface area contributed by atoms with Crippen molar-refractivity contribution in [3.8, 4) is 0 Å². The van der Waals surface area contributed by atoms with Crippen molar-refractivity contribution in [3.05, 3.63) is 0 Å². The number of amides is 1. The van der Waals surface area contributed by atoms with E-state index in [0.717, 1.165) is 0 Å². The highest BCUT2D eigenvalue weighted by Gasteiger charge is 2.16. The van der Waals surface area contributed by atoms with Gasteiger partial charge in [0.25, 0.3) is 0 Å². The molecule has 1 amide bonds. The molecule has 1 atom stereocenters. The van der Waals surface area contributed by atoms with E-state index in [1.54, 1.807) is 18.6 Å². The molecule has 15 heavy (non-hydrogen) atoms. The standard InChI is InChI=1S/C7H16N2O5S/c1-5(2)14-7(11)9-15(12,13)8-4-6(3)10/h5-6,8,10H,4H2,1-3H3,(H,9,11). The van der Waals surface area contributed by atoms with Crippen LogP contribution in [0.2, 0.25) is 0 Å². The van der Waals surface area contributed by atoms with Crippen LogP contribution >= 0.6 is 0 Å². The molecule has 0 aromatic heterocycles. The van der Waals surface area contributed by atoms with E-state index in [-0.39, 0.29) is 6.54 Å². The van der Waals surface area contributed by atoms with Gasteiger partial charge >= 0.3 is 16.3 Å². The fourth-order valence-corrected chi connectivity index (χ4v) is 1.41. The van der Waals surface area contributed by atoms with Gasteiger partial charge in [-0.1, -0.05) is 0 Å². The molecule has 0 aliphatic rings. The van der Waals surface area contributed by atoms with Crippen molar-refractivity contribution in [2.75, 3.05) is 6.54 Å². The van der Waals surface area contributed by atoms with Crippen molar-refractivity contribution in [2.24, 2.45) is 0 Å². The second-order valence-corrected chi connectivity index (χ2v) is 4.76. The first-order valence-electron chi connectivity index (χ1n) is 4.39. The van der Waals surface area contributed by atoms with E-state index in [1.165, 1.54) is 6.92 Å². The van der Waals surface area contributed by atoms with Gasteiger partial charge in [0.2, 0.25) is 0 Å². The Labute approximate surface area is 89.0 Å². The van der Waals surface area contributed by atoms with Crippen LogP contribution in [0.25, 0.3) is 0 Å². The monoisotopic (exact) mass is 240 g/mol. The van der Waals surface area contributed by atoms with Crippen LogP contribution in [0, 0.1) is 0 Å². The predicted octanol–water partition coefficient (Wildman–Crippen LogP) is -0.664. The third-order valence-corrected chi connectivity index (χ3v) is 2.11. The number of ether oxygens (including phenoxy) is 1. The van der Waals surface area contributed by atoms with Crippen LogP contribution in [0.4, 0.5) is 4.79 Å². The van der Waals surface area contributed by atoms with Crippen molar-refractivity contribution >= 4 is 16.3 Å². The number of carbonyl (C=O) groups excluding carboxylic acids is 1. The Morgan fingerprint density at radius 2 is 1.93 bits per heavy atom. The second-order valence-electron chi connectivity index (χ2n) is 3.26. The summed E-state index contributed by atoms with van der Waals surface area (Å²) in [4.78, 5) is 10.9. The van der Waals surface area contributed by atoms with Gasteiger partial charge in [0.05, 0.1) is 12.2 Å². The number of aliphatic hydroxyl groups excluding tert-OH is 1. The molecule has 0 saturated carbocycles. The Kier molecular flexibility index (Phi) is 5.55. The maximum Gasteiger partial charge on any atom is 0.422 e. The smallest absolute Gasteiger partial charge is 0.422 e. The van der Waals surface area contributed by atoms with Gasteiger partial charge in [0, 0.05) is 6.54 Å². The van der Waals surface area contributed by atoms with Gasteiger partial charge < -0.3 is 9.84 Å². The van der Waals surface area contributed by atoms with Crippen molar-refractivity contribution in [1.29, 1.82) is 0 Å². The van der Waals surface area contributed by atoms with Crippen molar-refractivity contribution < 1.29 is 23.1 Å². The zero-order valence-electron chi connectivity index (χ0n) is 8.85. The van der Waals surface area contributed by atoms with Crippen LogP contribution < -0.4 is 9.44 Å². The number of carbonyl (C=O) groups is 1. The molecular weight excluding hydrogens is 224 g/mol. The molecule has 8 heteroatoms. The summed E-state index contributed by atoms with van der Waals surface area (Å²) in [5.41, 5.74) is 0. The van der Waals surface area contributed by atoms with Gasteiger partial charge in [-0.15, -0.1) is 0 Å². The molecule has 0 radical (unpaired) electrons. The van der Waals surface area contributed by atoms with E-state index in [1.807, 2.05) is 4.72 Å². The van der Waals surface area contributed by atoms with Gasteiger partial charge in [-0.25, -0.2) is 9.52 Å². The average molecular weight is 240 g/mol. The number of hydrogen-bond acceptors (Lipinski definition) is 5. The second kappa shape index (κ2) is 5.89. The summed E-state index contributed by atoms with van der Waals surface area (Å²) in [5, 5.41) is 8.82. The molecule has 0 bridgehead atoms. The van der Waals surface area contributed by atoms with Crippen LogP contribution in [0.1, 0.15) is 20.8 Å². The Morgan fingerprint density at radius 3 is 2.33 bits per heavy atom. The molecule has 0 heterocycles. The predicted molar refractivity (Wildman–Crippen MR) is 53.4 cm³/mol. The first-order valence-corrected chi connectivity index (χ1v) is 5.87. The Hall–Kier alpha value is -0.860. The van der Waals surface area contributed by atoms with E-state index < -0.39 is 28.5 Å². The molecule has 0 saturated heterocycles. The van der Waals surface area contributed by atoms with Gasteiger partial charge in [0.15, 0.2) is 0 Å². The lowest BCUT2D eigenvalue weighted by Gasteiger charge is -2.11. The fourth-order valence-electron chi connectivity index (χ4n) is 0.614. The highest BCUT2D eigenvalue weighted by molar-refractivity contribution is 7.88. The summed E-state index contributed by atoms with van der Waals surface area (Å²) < 4.78 is 30.4. The van der Waals surface area contributed by atoms with Crippen LogP contribution in [0.5, 0.6) is 0 Å². The van der Waals surface area contributed by atoms with Gasteiger partial charge in [0.1, 0.15) is 0 Å². The van der Waals surface area contributed by atoms with E-state index in [2.05, 4.69) is 4.74 Å². The summed E-state index contributed by atoms with van der Waals surface area (Å²) in [5.74, 6) is 0.